The van der Waals surface area contributed by atoms with Gasteiger partial charge >= 0.3 is 5.97 Å². The van der Waals surface area contributed by atoms with Gasteiger partial charge in [0.2, 0.25) is 0 Å². The predicted molar refractivity (Wildman–Crippen MR) is 151 cm³/mol. The molecule has 8 nitrogen and oxygen atoms in total. The van der Waals surface area contributed by atoms with Gasteiger partial charge in [0.25, 0.3) is 5.91 Å². The molecule has 1 saturated carbocycles. The van der Waals surface area contributed by atoms with Crippen molar-refractivity contribution in [2.75, 3.05) is 27.8 Å². The number of aromatic nitrogens is 1. The third-order valence-electron chi connectivity index (χ3n) is 7.68. The zero-order valence-corrected chi connectivity index (χ0v) is 22.8. The van der Waals surface area contributed by atoms with Crippen LogP contribution < -0.4 is 10.2 Å². The van der Waals surface area contributed by atoms with E-state index < -0.39 is 0 Å². The van der Waals surface area contributed by atoms with E-state index in [1.54, 1.807) is 20.2 Å². The van der Waals surface area contributed by atoms with E-state index in [0.29, 0.717) is 30.1 Å². The van der Waals surface area contributed by atoms with Crippen LogP contribution in [0.1, 0.15) is 59.5 Å². The molecule has 204 valence electrons. The number of rotatable bonds is 8. The van der Waals surface area contributed by atoms with E-state index in [-0.39, 0.29) is 11.9 Å². The maximum atomic E-state index is 13.0. The number of hydrogen-bond acceptors (Lipinski definition) is 6. The Bertz CT molecular complexity index is 1450. The fourth-order valence-electron chi connectivity index (χ4n) is 5.84. The summed E-state index contributed by atoms with van der Waals surface area (Å²) in [5.41, 5.74) is 8.71. The Kier molecular flexibility index (Phi) is 7.86. The summed E-state index contributed by atoms with van der Waals surface area (Å²) in [5.74, 6) is 0.372. The Morgan fingerprint density at radius 1 is 1.13 bits per heavy atom. The van der Waals surface area contributed by atoms with Crippen molar-refractivity contribution in [3.05, 3.63) is 71.3 Å². The van der Waals surface area contributed by atoms with E-state index >= 15 is 0 Å². The Labute approximate surface area is 228 Å². The van der Waals surface area contributed by atoms with E-state index in [9.17, 15) is 9.59 Å². The lowest BCUT2D eigenvalue weighted by Crippen LogP contribution is -2.32. The summed E-state index contributed by atoms with van der Waals surface area (Å²) in [5, 5.41) is 2.58. The number of methoxy groups -OCH3 is 2. The summed E-state index contributed by atoms with van der Waals surface area (Å²) >= 11 is 0. The molecule has 39 heavy (non-hydrogen) atoms. The third-order valence-corrected chi connectivity index (χ3v) is 7.68. The second-order valence-electron chi connectivity index (χ2n) is 10.2. The second-order valence-corrected chi connectivity index (χ2v) is 10.2. The summed E-state index contributed by atoms with van der Waals surface area (Å²) in [6.45, 7) is 4.46. The van der Waals surface area contributed by atoms with E-state index in [1.807, 2.05) is 36.4 Å². The number of benzene rings is 2. The highest BCUT2D eigenvalue weighted by atomic mass is 16.8. The van der Waals surface area contributed by atoms with Crippen LogP contribution in [0.4, 0.5) is 0 Å². The fraction of sp³-hybridized carbons (Fsp3) is 0.355. The maximum absolute atomic E-state index is 13.0. The van der Waals surface area contributed by atoms with Crippen LogP contribution in [0.3, 0.4) is 0 Å². The first-order valence-electron chi connectivity index (χ1n) is 13.4. The monoisotopic (exact) mass is 529 g/mol. The van der Waals surface area contributed by atoms with Crippen LogP contribution in [0.25, 0.3) is 28.2 Å². The SMILES string of the molecule is C=CCN(C)ONC(=O)c1ccc2c(C3CCCCC3)c3n(c2c1)CC(C(=O)OC)=Cc1cc(OC)ccc1-3. The van der Waals surface area contributed by atoms with Gasteiger partial charge in [-0.1, -0.05) is 31.4 Å². The second kappa shape index (κ2) is 11.5. The van der Waals surface area contributed by atoms with Crippen molar-refractivity contribution in [2.24, 2.45) is 0 Å². The molecular formula is C31H35N3O5. The molecule has 1 N–H and O–H groups in total. The van der Waals surface area contributed by atoms with Crippen LogP contribution in [-0.4, -0.2) is 49.3 Å². The number of amides is 1. The number of likely N-dealkylation sites (N-methyl/N-ethyl adjacent to an activating group) is 1. The number of fused-ring (bicyclic) bond motifs is 5. The molecule has 5 rings (SSSR count). The first-order chi connectivity index (χ1) is 18.9. The van der Waals surface area contributed by atoms with Crippen molar-refractivity contribution in [3.63, 3.8) is 0 Å². The Hall–Kier alpha value is -3.88. The minimum Gasteiger partial charge on any atom is -0.497 e. The number of carbonyl (C=O) groups excluding carboxylic acids is 2. The van der Waals surface area contributed by atoms with Crippen molar-refractivity contribution < 1.29 is 24.0 Å². The van der Waals surface area contributed by atoms with Crippen molar-refractivity contribution in [1.29, 1.82) is 0 Å². The average Bonchev–Trinajstić information content (AvgIpc) is 3.18. The largest absolute Gasteiger partial charge is 0.497 e. The predicted octanol–water partition coefficient (Wildman–Crippen LogP) is 5.63. The van der Waals surface area contributed by atoms with Gasteiger partial charge in [-0.2, -0.15) is 10.0 Å². The zero-order valence-electron chi connectivity index (χ0n) is 22.8. The standard InChI is InChI=1S/C31H35N3O5/c1-5-15-33(2)39-32-30(35)21-11-13-26-27(18-21)34-19-23(31(36)38-4)16-22-17-24(37-3)12-14-25(22)29(34)28(26)20-9-7-6-8-10-20/h5,11-14,16-18,20H,1,6-10,15,19H2,2-4H3,(H,32,35). The number of nitrogens with one attached hydrogen (secondary N) is 1. The van der Waals surface area contributed by atoms with Gasteiger partial charge in [-0.05, 0) is 66.3 Å². The molecule has 3 aromatic rings. The number of ether oxygens (including phenoxy) is 2. The molecule has 8 heteroatoms. The summed E-state index contributed by atoms with van der Waals surface area (Å²) in [4.78, 5) is 31.3. The number of nitrogens with zero attached hydrogens (tertiary/aromatic N) is 2. The van der Waals surface area contributed by atoms with Crippen molar-refractivity contribution >= 4 is 28.9 Å². The highest BCUT2D eigenvalue weighted by Crippen LogP contribution is 2.47. The van der Waals surface area contributed by atoms with E-state index in [2.05, 4.69) is 22.7 Å². The molecule has 1 aliphatic carbocycles. The van der Waals surface area contributed by atoms with E-state index in [1.165, 1.54) is 37.0 Å². The molecular weight excluding hydrogens is 494 g/mol. The first-order valence-corrected chi connectivity index (χ1v) is 13.4. The van der Waals surface area contributed by atoms with Gasteiger partial charge in [-0.3, -0.25) is 4.79 Å². The molecule has 0 atom stereocenters. The molecule has 2 heterocycles. The Morgan fingerprint density at radius 2 is 1.92 bits per heavy atom. The molecule has 0 bridgehead atoms. The molecule has 1 amide bonds. The van der Waals surface area contributed by atoms with Crippen LogP contribution in [0.15, 0.2) is 54.6 Å². The summed E-state index contributed by atoms with van der Waals surface area (Å²) < 4.78 is 12.8. The van der Waals surface area contributed by atoms with Crippen LogP contribution in [-0.2, 0) is 21.0 Å². The number of hydroxylamine groups is 3. The number of esters is 1. The van der Waals surface area contributed by atoms with Crippen LogP contribution in [0, 0.1) is 0 Å². The fourth-order valence-corrected chi connectivity index (χ4v) is 5.84. The van der Waals surface area contributed by atoms with Gasteiger partial charge in [0.1, 0.15) is 5.75 Å². The van der Waals surface area contributed by atoms with Crippen LogP contribution >= 0.6 is 0 Å². The third kappa shape index (κ3) is 5.22. The molecule has 0 radical (unpaired) electrons. The molecule has 0 spiro atoms. The highest BCUT2D eigenvalue weighted by molar-refractivity contribution is 6.03. The van der Waals surface area contributed by atoms with Gasteiger partial charge in [0, 0.05) is 35.6 Å². The Balaban J connectivity index is 1.70. The highest BCUT2D eigenvalue weighted by Gasteiger charge is 2.30. The topological polar surface area (TPSA) is 82.0 Å². The zero-order chi connectivity index (χ0) is 27.5. The molecule has 2 aliphatic rings. The molecule has 0 unspecified atom stereocenters. The van der Waals surface area contributed by atoms with Crippen molar-refractivity contribution in [2.45, 2.75) is 44.6 Å². The van der Waals surface area contributed by atoms with E-state index in [0.717, 1.165) is 46.3 Å². The van der Waals surface area contributed by atoms with Crippen LogP contribution in [0.2, 0.25) is 0 Å². The molecule has 0 saturated heterocycles. The minimum atomic E-state index is -0.384. The van der Waals surface area contributed by atoms with Gasteiger partial charge < -0.3 is 14.0 Å². The van der Waals surface area contributed by atoms with Gasteiger partial charge in [0.15, 0.2) is 0 Å². The van der Waals surface area contributed by atoms with Crippen molar-refractivity contribution in [1.82, 2.24) is 15.1 Å². The van der Waals surface area contributed by atoms with Crippen molar-refractivity contribution in [3.8, 4) is 17.0 Å². The summed E-state index contributed by atoms with van der Waals surface area (Å²) in [6, 6.07) is 11.8. The number of carbonyl (C=O) groups is 2. The lowest BCUT2D eigenvalue weighted by Gasteiger charge is -2.24. The normalized spacial score (nSPS) is 15.2. The number of hydrogen-bond donors (Lipinski definition) is 1. The van der Waals surface area contributed by atoms with Gasteiger partial charge in [-0.25, -0.2) is 10.3 Å². The summed E-state index contributed by atoms with van der Waals surface area (Å²) in [6.07, 6.45) is 9.42. The quantitative estimate of drug-likeness (QED) is 0.231. The van der Waals surface area contributed by atoms with Crippen LogP contribution in [0.5, 0.6) is 5.75 Å². The maximum Gasteiger partial charge on any atom is 0.335 e. The first kappa shape index (κ1) is 26.7. The minimum absolute atomic E-state index is 0.325. The summed E-state index contributed by atoms with van der Waals surface area (Å²) in [7, 11) is 4.75. The lowest BCUT2D eigenvalue weighted by molar-refractivity contribution is -0.172. The van der Waals surface area contributed by atoms with Gasteiger partial charge in [-0.15, -0.1) is 6.58 Å². The molecule has 1 aliphatic heterocycles. The molecule has 1 aromatic heterocycles. The Morgan fingerprint density at radius 3 is 2.64 bits per heavy atom. The molecule has 2 aromatic carbocycles. The average molecular weight is 530 g/mol. The van der Waals surface area contributed by atoms with Gasteiger partial charge in [0.05, 0.1) is 32.0 Å². The lowest BCUT2D eigenvalue weighted by atomic mass is 9.81. The van der Waals surface area contributed by atoms with E-state index in [4.69, 9.17) is 14.4 Å². The smallest absolute Gasteiger partial charge is 0.335 e. The molecule has 1 fully saturated rings.